The van der Waals surface area contributed by atoms with Crippen LogP contribution in [0.4, 0.5) is 10.7 Å². The van der Waals surface area contributed by atoms with Crippen LogP contribution in [0.1, 0.15) is 40.2 Å². The molecule has 150 valence electrons. The van der Waals surface area contributed by atoms with Gasteiger partial charge in [0.1, 0.15) is 5.00 Å². The molecular weight excluding hydrogens is 400 g/mol. The zero-order valence-electron chi connectivity index (χ0n) is 16.5. The molecule has 3 aromatic rings. The van der Waals surface area contributed by atoms with E-state index in [-0.39, 0.29) is 5.97 Å². The van der Waals surface area contributed by atoms with E-state index in [4.69, 9.17) is 17.0 Å². The van der Waals surface area contributed by atoms with Crippen LogP contribution in [-0.4, -0.2) is 17.7 Å². The Hall–Kier alpha value is -2.70. The minimum absolute atomic E-state index is 0.328. The maximum Gasteiger partial charge on any atom is 0.341 e. The molecule has 0 aliphatic rings. The van der Waals surface area contributed by atoms with E-state index >= 15 is 0 Å². The van der Waals surface area contributed by atoms with Gasteiger partial charge in [-0.1, -0.05) is 55.5 Å². The molecule has 3 rings (SSSR count). The number of hydrogen-bond acceptors (Lipinski definition) is 4. The number of nitrogens with one attached hydrogen (secondary N) is 2. The molecule has 0 aliphatic heterocycles. The van der Waals surface area contributed by atoms with E-state index < -0.39 is 0 Å². The Kier molecular flexibility index (Phi) is 7.38. The Bertz CT molecular complexity index is 984. The van der Waals surface area contributed by atoms with Crippen molar-refractivity contribution >= 4 is 45.3 Å². The van der Waals surface area contributed by atoms with Gasteiger partial charge in [0, 0.05) is 17.0 Å². The van der Waals surface area contributed by atoms with Crippen molar-refractivity contribution in [3.05, 3.63) is 82.2 Å². The summed E-state index contributed by atoms with van der Waals surface area (Å²) in [4.78, 5) is 13.5. The van der Waals surface area contributed by atoms with Crippen molar-refractivity contribution in [3.8, 4) is 0 Å². The summed E-state index contributed by atoms with van der Waals surface area (Å²) in [5.74, 6) is -0.345. The minimum Gasteiger partial charge on any atom is -0.462 e. The number of esters is 1. The zero-order chi connectivity index (χ0) is 20.6. The number of carbonyl (C=O) groups is 1. The highest BCUT2D eigenvalue weighted by molar-refractivity contribution is 7.80. The fourth-order valence-electron chi connectivity index (χ4n) is 2.99. The number of para-hydroxylation sites is 1. The first-order valence-electron chi connectivity index (χ1n) is 9.60. The molecule has 0 saturated carbocycles. The lowest BCUT2D eigenvalue weighted by Crippen LogP contribution is -2.20. The summed E-state index contributed by atoms with van der Waals surface area (Å²) < 4.78 is 5.23. The Morgan fingerprint density at radius 2 is 1.76 bits per heavy atom. The molecular formula is C23H24N2O2S2. The smallest absolute Gasteiger partial charge is 0.341 e. The van der Waals surface area contributed by atoms with Gasteiger partial charge in [-0.3, -0.25) is 0 Å². The molecule has 0 radical (unpaired) electrons. The molecule has 4 nitrogen and oxygen atoms in total. The molecule has 2 aromatic carbocycles. The third kappa shape index (κ3) is 5.65. The third-order valence-corrected chi connectivity index (χ3v) is 5.63. The molecule has 1 aromatic heterocycles. The van der Waals surface area contributed by atoms with Gasteiger partial charge in [0.15, 0.2) is 5.11 Å². The number of rotatable bonds is 7. The van der Waals surface area contributed by atoms with Crippen LogP contribution < -0.4 is 10.6 Å². The summed E-state index contributed by atoms with van der Waals surface area (Å²) in [5.41, 5.74) is 3.84. The van der Waals surface area contributed by atoms with Crippen molar-refractivity contribution in [1.29, 1.82) is 0 Å². The molecule has 1 heterocycles. The number of carbonyl (C=O) groups excluding carboxylic acids is 1. The Morgan fingerprint density at radius 3 is 2.48 bits per heavy atom. The highest BCUT2D eigenvalue weighted by Gasteiger charge is 2.18. The van der Waals surface area contributed by atoms with Crippen LogP contribution in [-0.2, 0) is 17.6 Å². The number of benzene rings is 2. The van der Waals surface area contributed by atoms with Gasteiger partial charge in [0.05, 0.1) is 12.2 Å². The van der Waals surface area contributed by atoms with E-state index in [1.165, 1.54) is 22.5 Å². The first-order valence-corrected chi connectivity index (χ1v) is 10.8. The molecule has 29 heavy (non-hydrogen) atoms. The summed E-state index contributed by atoms with van der Waals surface area (Å²) in [6, 6.07) is 20.1. The summed E-state index contributed by atoms with van der Waals surface area (Å²) in [6.07, 6.45) is 1.65. The van der Waals surface area contributed by atoms with E-state index in [1.54, 1.807) is 6.92 Å². The van der Waals surface area contributed by atoms with E-state index in [2.05, 4.69) is 35.8 Å². The Labute approximate surface area is 180 Å². The molecule has 0 saturated heterocycles. The molecule has 0 atom stereocenters. The van der Waals surface area contributed by atoms with E-state index in [0.29, 0.717) is 22.3 Å². The van der Waals surface area contributed by atoms with Gasteiger partial charge in [-0.15, -0.1) is 11.3 Å². The highest BCUT2D eigenvalue weighted by Crippen LogP contribution is 2.31. The summed E-state index contributed by atoms with van der Waals surface area (Å²) in [5, 5.41) is 7.58. The minimum atomic E-state index is -0.345. The first-order chi connectivity index (χ1) is 14.1. The second kappa shape index (κ2) is 10.2. The lowest BCUT2D eigenvalue weighted by atomic mass is 10.1. The lowest BCUT2D eigenvalue weighted by Gasteiger charge is -2.13. The summed E-state index contributed by atoms with van der Waals surface area (Å²) >= 11 is 7.03. The number of aryl methyl sites for hydroxylation is 1. The van der Waals surface area contributed by atoms with Gasteiger partial charge in [-0.2, -0.15) is 0 Å². The summed E-state index contributed by atoms with van der Waals surface area (Å²) in [6.45, 7) is 4.23. The second-order valence-corrected chi connectivity index (χ2v) is 7.97. The van der Waals surface area contributed by atoms with Crippen LogP contribution in [0.2, 0.25) is 0 Å². The molecule has 0 aliphatic carbocycles. The van der Waals surface area contributed by atoms with Crippen molar-refractivity contribution in [2.45, 2.75) is 26.7 Å². The zero-order valence-corrected chi connectivity index (χ0v) is 18.2. The summed E-state index contributed by atoms with van der Waals surface area (Å²) in [7, 11) is 0. The second-order valence-electron chi connectivity index (χ2n) is 6.43. The normalized spacial score (nSPS) is 10.4. The highest BCUT2D eigenvalue weighted by atomic mass is 32.1. The van der Waals surface area contributed by atoms with Crippen molar-refractivity contribution in [1.82, 2.24) is 0 Å². The van der Waals surface area contributed by atoms with Gasteiger partial charge in [0.25, 0.3) is 0 Å². The number of ether oxygens (including phenoxy) is 1. The Morgan fingerprint density at radius 1 is 1.03 bits per heavy atom. The van der Waals surface area contributed by atoms with Gasteiger partial charge >= 0.3 is 5.97 Å². The first kappa shape index (κ1) is 21.0. The topological polar surface area (TPSA) is 50.4 Å². The molecule has 0 bridgehead atoms. The predicted octanol–water partition coefficient (Wildman–Crippen LogP) is 5.89. The predicted molar refractivity (Wildman–Crippen MR) is 125 cm³/mol. The maximum absolute atomic E-state index is 12.5. The van der Waals surface area contributed by atoms with Crippen molar-refractivity contribution in [2.75, 3.05) is 17.2 Å². The monoisotopic (exact) mass is 424 g/mol. The van der Waals surface area contributed by atoms with Crippen molar-refractivity contribution < 1.29 is 9.53 Å². The van der Waals surface area contributed by atoms with Gasteiger partial charge in [0.2, 0.25) is 0 Å². The number of hydrogen-bond donors (Lipinski definition) is 2. The molecule has 0 unspecified atom stereocenters. The van der Waals surface area contributed by atoms with Gasteiger partial charge in [-0.05, 0) is 48.8 Å². The standard InChI is InChI=1S/C23H24N2O2S2/c1-3-17-12-8-9-13-20(17)24-23(28)25-21-19(22(26)27-4-2)15-18(29-21)14-16-10-6-5-7-11-16/h5-13,15H,3-4,14H2,1-2H3,(H2,24,25,28). The average Bonchev–Trinajstić information content (AvgIpc) is 3.11. The van der Waals surface area contributed by atoms with E-state index in [9.17, 15) is 4.79 Å². The third-order valence-electron chi connectivity index (χ3n) is 4.37. The fraction of sp³-hybridized carbons (Fsp3) is 0.217. The Balaban J connectivity index is 1.80. The number of thiocarbonyl (C=S) groups is 1. The molecule has 2 N–H and O–H groups in total. The van der Waals surface area contributed by atoms with Crippen LogP contribution in [0.5, 0.6) is 0 Å². The van der Waals surface area contributed by atoms with Gasteiger partial charge < -0.3 is 15.4 Å². The quantitative estimate of drug-likeness (QED) is 0.366. The van der Waals surface area contributed by atoms with Gasteiger partial charge in [-0.25, -0.2) is 4.79 Å². The van der Waals surface area contributed by atoms with Crippen LogP contribution in [0.3, 0.4) is 0 Å². The maximum atomic E-state index is 12.5. The number of anilines is 2. The molecule has 0 spiro atoms. The van der Waals surface area contributed by atoms with E-state index in [1.807, 2.05) is 42.5 Å². The molecule has 0 amide bonds. The van der Waals surface area contributed by atoms with Crippen molar-refractivity contribution in [3.63, 3.8) is 0 Å². The van der Waals surface area contributed by atoms with Crippen LogP contribution in [0.15, 0.2) is 60.7 Å². The fourth-order valence-corrected chi connectivity index (χ4v) is 4.35. The molecule has 6 heteroatoms. The van der Waals surface area contributed by atoms with Crippen LogP contribution in [0.25, 0.3) is 0 Å². The average molecular weight is 425 g/mol. The lowest BCUT2D eigenvalue weighted by molar-refractivity contribution is 0.0528. The van der Waals surface area contributed by atoms with E-state index in [0.717, 1.165) is 23.4 Å². The van der Waals surface area contributed by atoms with Crippen LogP contribution >= 0.6 is 23.6 Å². The van der Waals surface area contributed by atoms with Crippen LogP contribution in [0, 0.1) is 0 Å². The number of thiophene rings is 1. The SMILES string of the molecule is CCOC(=O)c1cc(Cc2ccccc2)sc1NC(=S)Nc1ccccc1CC. The largest absolute Gasteiger partial charge is 0.462 e. The molecule has 0 fully saturated rings. The van der Waals surface area contributed by atoms with Crippen molar-refractivity contribution in [2.24, 2.45) is 0 Å².